The first kappa shape index (κ1) is 17.4. The maximum Gasteiger partial charge on any atom is 0.280 e. The van der Waals surface area contributed by atoms with Gasteiger partial charge in [0.05, 0.1) is 12.9 Å². The molecule has 2 fully saturated rings. The van der Waals surface area contributed by atoms with E-state index in [0.717, 1.165) is 25.7 Å². The smallest absolute Gasteiger partial charge is 0.280 e. The molecule has 2 aliphatic rings. The van der Waals surface area contributed by atoms with E-state index in [4.69, 9.17) is 4.74 Å². The van der Waals surface area contributed by atoms with Crippen LogP contribution in [0.4, 0.5) is 5.95 Å². The Hall–Kier alpha value is -2.01. The molecule has 2 unspecified atom stereocenters. The first-order chi connectivity index (χ1) is 12.6. The Morgan fingerprint density at radius 2 is 2.04 bits per heavy atom. The van der Waals surface area contributed by atoms with E-state index in [2.05, 4.69) is 20.3 Å². The number of imidazole rings is 1. The number of aromatic amines is 1. The average molecular weight is 365 g/mol. The summed E-state index contributed by atoms with van der Waals surface area (Å²) in [4.78, 5) is 23.5. The Bertz CT molecular complexity index is 830. The molecule has 1 aliphatic heterocycles. The van der Waals surface area contributed by atoms with Gasteiger partial charge in [-0.2, -0.15) is 4.98 Å². The second-order valence-corrected chi connectivity index (χ2v) is 6.95. The van der Waals surface area contributed by atoms with Crippen molar-refractivity contribution < 1.29 is 20.1 Å². The number of aliphatic hydroxyl groups is 3. The molecule has 0 spiro atoms. The van der Waals surface area contributed by atoms with Gasteiger partial charge in [0, 0.05) is 6.04 Å². The molecule has 5 N–H and O–H groups in total. The minimum absolute atomic E-state index is 0.122. The van der Waals surface area contributed by atoms with Crippen LogP contribution in [0.15, 0.2) is 11.1 Å². The van der Waals surface area contributed by atoms with Crippen molar-refractivity contribution in [3.63, 3.8) is 0 Å². The van der Waals surface area contributed by atoms with Crippen molar-refractivity contribution in [2.45, 2.75) is 62.7 Å². The highest BCUT2D eigenvalue weighted by Gasteiger charge is 2.44. The Morgan fingerprint density at radius 1 is 1.27 bits per heavy atom. The molecule has 1 saturated carbocycles. The molecule has 0 aromatic carbocycles. The van der Waals surface area contributed by atoms with Gasteiger partial charge < -0.3 is 25.4 Å². The fourth-order valence-electron chi connectivity index (χ4n) is 3.73. The molecule has 0 bridgehead atoms. The Morgan fingerprint density at radius 3 is 2.73 bits per heavy atom. The molecule has 2 aromatic rings. The lowest BCUT2D eigenvalue weighted by atomic mass is 9.96. The van der Waals surface area contributed by atoms with Crippen LogP contribution in [0, 0.1) is 0 Å². The first-order valence-electron chi connectivity index (χ1n) is 8.94. The van der Waals surface area contributed by atoms with Crippen molar-refractivity contribution >= 4 is 17.1 Å². The molecule has 4 rings (SSSR count). The van der Waals surface area contributed by atoms with Gasteiger partial charge in [-0.3, -0.25) is 14.3 Å². The van der Waals surface area contributed by atoms with Gasteiger partial charge in [0.15, 0.2) is 17.4 Å². The Kier molecular flexibility index (Phi) is 4.65. The van der Waals surface area contributed by atoms with E-state index >= 15 is 0 Å². The maximum atomic E-state index is 12.3. The fourth-order valence-corrected chi connectivity index (χ4v) is 3.73. The topological polar surface area (TPSA) is 146 Å². The molecule has 1 saturated heterocycles. The summed E-state index contributed by atoms with van der Waals surface area (Å²) in [6.45, 7) is -0.427. The maximum absolute atomic E-state index is 12.3. The number of aromatic nitrogens is 4. The van der Waals surface area contributed by atoms with Crippen molar-refractivity contribution in [1.82, 2.24) is 19.5 Å². The summed E-state index contributed by atoms with van der Waals surface area (Å²) in [6, 6.07) is 0.259. The molecule has 2 aromatic heterocycles. The normalized spacial score (nSPS) is 30.1. The van der Waals surface area contributed by atoms with E-state index in [-0.39, 0.29) is 22.8 Å². The zero-order valence-corrected chi connectivity index (χ0v) is 14.2. The molecular weight excluding hydrogens is 342 g/mol. The lowest BCUT2D eigenvalue weighted by molar-refractivity contribution is -0.0511. The minimum Gasteiger partial charge on any atom is -0.394 e. The highest BCUT2D eigenvalue weighted by molar-refractivity contribution is 5.71. The predicted molar refractivity (Wildman–Crippen MR) is 91.7 cm³/mol. The molecule has 0 amide bonds. The molecule has 26 heavy (non-hydrogen) atoms. The number of aliphatic hydroxyl groups excluding tert-OH is 3. The lowest BCUT2D eigenvalue weighted by Crippen LogP contribution is -2.33. The number of nitrogens with zero attached hydrogens (tertiary/aromatic N) is 3. The molecule has 3 heterocycles. The average Bonchev–Trinajstić information content (AvgIpc) is 3.18. The molecule has 1 aliphatic carbocycles. The Balaban J connectivity index is 1.67. The van der Waals surface area contributed by atoms with Crippen LogP contribution in [0.1, 0.15) is 38.3 Å². The number of ether oxygens (including phenoxy) is 1. The van der Waals surface area contributed by atoms with E-state index in [1.54, 1.807) is 0 Å². The highest BCUT2D eigenvalue weighted by Crippen LogP contribution is 2.31. The van der Waals surface area contributed by atoms with Gasteiger partial charge in [0.25, 0.3) is 5.56 Å². The number of hydrogen-bond acceptors (Lipinski definition) is 8. The summed E-state index contributed by atoms with van der Waals surface area (Å²) in [5, 5.41) is 32.7. The molecule has 4 atom stereocenters. The zero-order valence-electron chi connectivity index (χ0n) is 14.2. The molecule has 10 nitrogen and oxygen atoms in total. The number of nitrogens with one attached hydrogen (secondary N) is 2. The second-order valence-electron chi connectivity index (χ2n) is 6.95. The van der Waals surface area contributed by atoms with E-state index in [0.29, 0.717) is 5.95 Å². The quantitative estimate of drug-likeness (QED) is 0.486. The van der Waals surface area contributed by atoms with Gasteiger partial charge in [-0.05, 0) is 12.8 Å². The summed E-state index contributed by atoms with van der Waals surface area (Å²) < 4.78 is 6.93. The first-order valence-corrected chi connectivity index (χ1v) is 8.94. The largest absolute Gasteiger partial charge is 0.394 e. The summed E-state index contributed by atoms with van der Waals surface area (Å²) >= 11 is 0. The van der Waals surface area contributed by atoms with Crippen molar-refractivity contribution in [1.29, 1.82) is 0 Å². The van der Waals surface area contributed by atoms with Crippen molar-refractivity contribution in [3.05, 3.63) is 16.7 Å². The number of anilines is 1. The standard InChI is InChI=1S/C16H23N5O5/c22-6-9-11(23)12(24)15(26-9)21-7-17-10-13(21)19-16(20-14(10)25)18-8-4-2-1-3-5-8/h7-9,11-12,15,22-24H,1-6H2,(H2,18,19,20,25)/t9-,11?,12?,15-/m1/s1. The van der Waals surface area contributed by atoms with Gasteiger partial charge in [-0.15, -0.1) is 0 Å². The highest BCUT2D eigenvalue weighted by atomic mass is 16.6. The third-order valence-corrected chi connectivity index (χ3v) is 5.17. The summed E-state index contributed by atoms with van der Waals surface area (Å²) in [5.41, 5.74) is -0.0161. The van der Waals surface area contributed by atoms with Crippen LogP contribution >= 0.6 is 0 Å². The van der Waals surface area contributed by atoms with E-state index in [1.165, 1.54) is 17.3 Å². The summed E-state index contributed by atoms with van der Waals surface area (Å²) in [5.74, 6) is 0.350. The van der Waals surface area contributed by atoms with Gasteiger partial charge in [0.1, 0.15) is 18.3 Å². The number of fused-ring (bicyclic) bond motifs is 1. The summed E-state index contributed by atoms with van der Waals surface area (Å²) in [7, 11) is 0. The summed E-state index contributed by atoms with van der Waals surface area (Å²) in [6.07, 6.45) is 2.51. The Labute approximate surface area is 148 Å². The monoisotopic (exact) mass is 365 g/mol. The van der Waals surface area contributed by atoms with Gasteiger partial charge in [-0.1, -0.05) is 19.3 Å². The number of rotatable bonds is 4. The van der Waals surface area contributed by atoms with Crippen LogP contribution in [0.3, 0.4) is 0 Å². The molecule has 0 radical (unpaired) electrons. The van der Waals surface area contributed by atoms with Crippen LogP contribution in [0.5, 0.6) is 0 Å². The van der Waals surface area contributed by atoms with Crippen LogP contribution in [-0.2, 0) is 4.74 Å². The van der Waals surface area contributed by atoms with Gasteiger partial charge in [-0.25, -0.2) is 4.98 Å². The number of hydrogen-bond donors (Lipinski definition) is 5. The van der Waals surface area contributed by atoms with E-state index in [9.17, 15) is 20.1 Å². The zero-order chi connectivity index (χ0) is 18.3. The van der Waals surface area contributed by atoms with Crippen LogP contribution < -0.4 is 10.9 Å². The minimum atomic E-state index is -1.26. The number of H-pyrrole nitrogens is 1. The van der Waals surface area contributed by atoms with Gasteiger partial charge >= 0.3 is 0 Å². The fraction of sp³-hybridized carbons (Fsp3) is 0.688. The molecule has 10 heteroatoms. The SMILES string of the molecule is O=c1[nH]c(NC2CCCCC2)nc2c1ncn2[C@@H]1O[C@H](CO)C(O)C1O. The lowest BCUT2D eigenvalue weighted by Gasteiger charge is -2.23. The third-order valence-electron chi connectivity index (χ3n) is 5.17. The van der Waals surface area contributed by atoms with Gasteiger partial charge in [0.2, 0.25) is 5.95 Å². The molecule has 142 valence electrons. The van der Waals surface area contributed by atoms with Crippen LogP contribution in [0.2, 0.25) is 0 Å². The van der Waals surface area contributed by atoms with Crippen molar-refractivity contribution in [2.75, 3.05) is 11.9 Å². The van der Waals surface area contributed by atoms with E-state index < -0.39 is 31.1 Å². The second kappa shape index (κ2) is 6.95. The third kappa shape index (κ3) is 2.98. The van der Waals surface area contributed by atoms with Crippen LogP contribution in [0.25, 0.3) is 11.2 Å². The van der Waals surface area contributed by atoms with Crippen LogP contribution in [-0.4, -0.2) is 65.8 Å². The van der Waals surface area contributed by atoms with E-state index in [1.807, 2.05) is 0 Å². The van der Waals surface area contributed by atoms with Crippen molar-refractivity contribution in [2.24, 2.45) is 0 Å². The predicted octanol–water partition coefficient (Wildman–Crippen LogP) is -0.524. The van der Waals surface area contributed by atoms with Crippen molar-refractivity contribution in [3.8, 4) is 0 Å². The molecular formula is C16H23N5O5.